The van der Waals surface area contributed by atoms with Gasteiger partial charge >= 0.3 is 0 Å². The predicted octanol–water partition coefficient (Wildman–Crippen LogP) is 2.38. The standard InChI is InChI=1S/C20H28N4O2/c1-25-19-6-4-16(5-7-19)20-17(13-21-22-20)14-23-8-2-3-18(15-23)24-9-11-26-12-10-24/h4-7,13,18H,2-3,8-12,14-15H2,1H3,(H,21,22). The summed E-state index contributed by atoms with van der Waals surface area (Å²) < 4.78 is 10.8. The fourth-order valence-electron chi connectivity index (χ4n) is 4.09. The molecule has 2 aromatic rings. The van der Waals surface area contributed by atoms with E-state index in [1.54, 1.807) is 7.11 Å². The molecular formula is C20H28N4O2. The quantitative estimate of drug-likeness (QED) is 0.891. The van der Waals surface area contributed by atoms with Crippen molar-refractivity contribution in [2.45, 2.75) is 25.4 Å². The van der Waals surface area contributed by atoms with Gasteiger partial charge in [-0.15, -0.1) is 0 Å². The number of likely N-dealkylation sites (tertiary alicyclic amines) is 1. The van der Waals surface area contributed by atoms with Crippen LogP contribution in [-0.2, 0) is 11.3 Å². The number of H-pyrrole nitrogens is 1. The van der Waals surface area contributed by atoms with Crippen molar-refractivity contribution in [3.8, 4) is 17.0 Å². The van der Waals surface area contributed by atoms with E-state index in [1.807, 2.05) is 18.3 Å². The maximum absolute atomic E-state index is 5.51. The van der Waals surface area contributed by atoms with Crippen LogP contribution in [0.15, 0.2) is 30.5 Å². The summed E-state index contributed by atoms with van der Waals surface area (Å²) in [7, 11) is 1.69. The molecule has 6 nitrogen and oxygen atoms in total. The molecule has 2 fully saturated rings. The molecule has 26 heavy (non-hydrogen) atoms. The molecule has 1 N–H and O–H groups in total. The van der Waals surface area contributed by atoms with E-state index >= 15 is 0 Å². The normalized spacial score (nSPS) is 22.4. The topological polar surface area (TPSA) is 53.6 Å². The number of benzene rings is 1. The minimum atomic E-state index is 0.656. The van der Waals surface area contributed by atoms with E-state index < -0.39 is 0 Å². The Morgan fingerprint density at radius 2 is 2.00 bits per heavy atom. The highest BCUT2D eigenvalue weighted by molar-refractivity contribution is 5.63. The first-order valence-corrected chi connectivity index (χ1v) is 9.54. The molecule has 0 saturated carbocycles. The lowest BCUT2D eigenvalue weighted by molar-refractivity contribution is -0.00356. The highest BCUT2D eigenvalue weighted by Crippen LogP contribution is 2.26. The van der Waals surface area contributed by atoms with Crippen molar-refractivity contribution in [2.24, 2.45) is 0 Å². The van der Waals surface area contributed by atoms with Gasteiger partial charge < -0.3 is 9.47 Å². The molecule has 1 aromatic carbocycles. The van der Waals surface area contributed by atoms with E-state index in [2.05, 4.69) is 32.1 Å². The predicted molar refractivity (Wildman–Crippen MR) is 101 cm³/mol. The maximum atomic E-state index is 5.51. The van der Waals surface area contributed by atoms with Crippen molar-refractivity contribution in [1.82, 2.24) is 20.0 Å². The van der Waals surface area contributed by atoms with Crippen LogP contribution in [-0.4, -0.2) is 72.5 Å². The van der Waals surface area contributed by atoms with Gasteiger partial charge in [0.25, 0.3) is 0 Å². The second-order valence-electron chi connectivity index (χ2n) is 7.18. The number of ether oxygens (including phenoxy) is 2. The summed E-state index contributed by atoms with van der Waals surface area (Å²) in [5.41, 5.74) is 3.53. The second-order valence-corrected chi connectivity index (χ2v) is 7.18. The van der Waals surface area contributed by atoms with Crippen LogP contribution in [0.1, 0.15) is 18.4 Å². The second kappa shape index (κ2) is 8.20. The molecule has 1 aromatic heterocycles. The fraction of sp³-hybridized carbons (Fsp3) is 0.550. The zero-order chi connectivity index (χ0) is 17.8. The Balaban J connectivity index is 1.43. The smallest absolute Gasteiger partial charge is 0.118 e. The molecule has 4 rings (SSSR count). The Hall–Kier alpha value is -1.89. The SMILES string of the molecule is COc1ccc(-c2[nH]ncc2CN2CCCC(N3CCOCC3)C2)cc1. The first-order chi connectivity index (χ1) is 12.8. The number of piperidine rings is 1. The lowest BCUT2D eigenvalue weighted by atomic mass is 10.0. The average Bonchev–Trinajstić information content (AvgIpc) is 3.17. The summed E-state index contributed by atoms with van der Waals surface area (Å²) in [5, 5.41) is 7.48. The third-order valence-corrected chi connectivity index (χ3v) is 5.53. The van der Waals surface area contributed by atoms with Crippen LogP contribution in [0.25, 0.3) is 11.3 Å². The number of morpholine rings is 1. The van der Waals surface area contributed by atoms with E-state index in [0.717, 1.165) is 62.9 Å². The Morgan fingerprint density at radius 1 is 1.19 bits per heavy atom. The molecule has 2 saturated heterocycles. The number of aromatic nitrogens is 2. The summed E-state index contributed by atoms with van der Waals surface area (Å²) in [4.78, 5) is 5.18. The third kappa shape index (κ3) is 3.92. The number of nitrogens with zero attached hydrogens (tertiary/aromatic N) is 3. The molecule has 2 aliphatic heterocycles. The van der Waals surface area contributed by atoms with E-state index in [1.165, 1.54) is 18.4 Å². The van der Waals surface area contributed by atoms with Crippen molar-refractivity contribution in [2.75, 3.05) is 46.5 Å². The van der Waals surface area contributed by atoms with Gasteiger partial charge in [-0.1, -0.05) is 0 Å². The van der Waals surface area contributed by atoms with Gasteiger partial charge in [-0.2, -0.15) is 5.10 Å². The first kappa shape index (κ1) is 17.5. The van der Waals surface area contributed by atoms with Gasteiger partial charge in [0.15, 0.2) is 0 Å². The number of hydrogen-bond donors (Lipinski definition) is 1. The largest absolute Gasteiger partial charge is 0.497 e. The van der Waals surface area contributed by atoms with Crippen LogP contribution in [0.4, 0.5) is 0 Å². The van der Waals surface area contributed by atoms with Gasteiger partial charge in [0, 0.05) is 43.3 Å². The Labute approximate surface area is 155 Å². The van der Waals surface area contributed by atoms with Gasteiger partial charge in [-0.25, -0.2) is 0 Å². The molecule has 6 heteroatoms. The average molecular weight is 356 g/mol. The van der Waals surface area contributed by atoms with E-state index in [0.29, 0.717) is 6.04 Å². The van der Waals surface area contributed by atoms with Crippen molar-refractivity contribution in [1.29, 1.82) is 0 Å². The van der Waals surface area contributed by atoms with Gasteiger partial charge in [0.1, 0.15) is 5.75 Å². The van der Waals surface area contributed by atoms with Crippen LogP contribution in [0.3, 0.4) is 0 Å². The van der Waals surface area contributed by atoms with Crippen LogP contribution in [0.5, 0.6) is 5.75 Å². The lowest BCUT2D eigenvalue weighted by Gasteiger charge is -2.40. The number of methoxy groups -OCH3 is 1. The summed E-state index contributed by atoms with van der Waals surface area (Å²) in [6.45, 7) is 7.13. The van der Waals surface area contributed by atoms with Crippen molar-refractivity contribution >= 4 is 0 Å². The molecule has 0 spiro atoms. The Kier molecular flexibility index (Phi) is 5.53. The highest BCUT2D eigenvalue weighted by Gasteiger charge is 2.27. The number of rotatable bonds is 5. The highest BCUT2D eigenvalue weighted by atomic mass is 16.5. The van der Waals surface area contributed by atoms with Crippen molar-refractivity contribution < 1.29 is 9.47 Å². The van der Waals surface area contributed by atoms with Crippen molar-refractivity contribution in [3.63, 3.8) is 0 Å². The van der Waals surface area contributed by atoms with Crippen LogP contribution in [0, 0.1) is 0 Å². The van der Waals surface area contributed by atoms with Crippen molar-refractivity contribution in [3.05, 3.63) is 36.0 Å². The van der Waals surface area contributed by atoms with Gasteiger partial charge in [0.05, 0.1) is 32.2 Å². The zero-order valence-corrected chi connectivity index (χ0v) is 15.5. The summed E-state index contributed by atoms with van der Waals surface area (Å²) in [5.74, 6) is 0.874. The number of hydrogen-bond acceptors (Lipinski definition) is 5. The monoisotopic (exact) mass is 356 g/mol. The van der Waals surface area contributed by atoms with E-state index in [4.69, 9.17) is 9.47 Å². The molecule has 1 atom stereocenters. The van der Waals surface area contributed by atoms with Gasteiger partial charge in [0.2, 0.25) is 0 Å². The lowest BCUT2D eigenvalue weighted by Crippen LogP contribution is -2.51. The summed E-state index contributed by atoms with van der Waals surface area (Å²) in [6.07, 6.45) is 4.53. The Bertz CT molecular complexity index is 694. The molecule has 0 amide bonds. The zero-order valence-electron chi connectivity index (χ0n) is 15.5. The Morgan fingerprint density at radius 3 is 2.77 bits per heavy atom. The summed E-state index contributed by atoms with van der Waals surface area (Å²) in [6, 6.07) is 8.82. The maximum Gasteiger partial charge on any atom is 0.118 e. The molecule has 0 bridgehead atoms. The minimum Gasteiger partial charge on any atom is -0.497 e. The van der Waals surface area contributed by atoms with Gasteiger partial charge in [-0.05, 0) is 43.7 Å². The molecule has 0 radical (unpaired) electrons. The minimum absolute atomic E-state index is 0.656. The molecule has 0 aliphatic carbocycles. The van der Waals surface area contributed by atoms with E-state index in [-0.39, 0.29) is 0 Å². The van der Waals surface area contributed by atoms with Crippen LogP contribution < -0.4 is 4.74 Å². The molecule has 1 unspecified atom stereocenters. The molecule has 3 heterocycles. The molecular weight excluding hydrogens is 328 g/mol. The molecule has 140 valence electrons. The number of aromatic amines is 1. The number of nitrogens with one attached hydrogen (secondary N) is 1. The fourth-order valence-corrected chi connectivity index (χ4v) is 4.09. The third-order valence-electron chi connectivity index (χ3n) is 5.53. The summed E-state index contributed by atoms with van der Waals surface area (Å²) >= 11 is 0. The van der Waals surface area contributed by atoms with E-state index in [9.17, 15) is 0 Å². The van der Waals surface area contributed by atoms with Crippen LogP contribution in [0.2, 0.25) is 0 Å². The first-order valence-electron chi connectivity index (χ1n) is 9.54. The molecule has 2 aliphatic rings. The van der Waals surface area contributed by atoms with Crippen LogP contribution >= 0.6 is 0 Å². The van der Waals surface area contributed by atoms with Gasteiger partial charge in [-0.3, -0.25) is 14.9 Å².